The molecule has 1 aromatic heterocycles. The summed E-state index contributed by atoms with van der Waals surface area (Å²) in [5, 5.41) is 6.40. The van der Waals surface area contributed by atoms with E-state index in [-0.39, 0.29) is 5.88 Å². The average Bonchev–Trinajstić information content (AvgIpc) is 2.76. The Bertz CT molecular complexity index is 843. The normalized spacial score (nSPS) is 11.7. The number of pyridine rings is 1. The van der Waals surface area contributed by atoms with Gasteiger partial charge in [-0.3, -0.25) is 0 Å². The molecule has 2 N–H and O–H groups in total. The highest BCUT2D eigenvalue weighted by atomic mass is 19.4. The summed E-state index contributed by atoms with van der Waals surface area (Å²) < 4.78 is 51.7. The minimum absolute atomic E-state index is 0.0787. The second-order valence-corrected chi connectivity index (χ2v) is 6.47. The monoisotopic (exact) mass is 440 g/mol. The highest BCUT2D eigenvalue weighted by Gasteiger charge is 2.28. The van der Waals surface area contributed by atoms with Crippen molar-refractivity contribution < 1.29 is 27.4 Å². The topological polar surface area (TPSA) is 77.0 Å². The Morgan fingerprint density at radius 1 is 1.03 bits per heavy atom. The largest absolute Gasteiger partial charge is 0.493 e. The zero-order chi connectivity index (χ0) is 22.7. The van der Waals surface area contributed by atoms with E-state index in [0.717, 1.165) is 17.5 Å². The van der Waals surface area contributed by atoms with Crippen LogP contribution in [0.3, 0.4) is 0 Å². The molecule has 2 rings (SSSR count). The van der Waals surface area contributed by atoms with Gasteiger partial charge < -0.3 is 24.8 Å². The smallest absolute Gasteiger partial charge is 0.422 e. The fraction of sp³-hybridized carbons (Fsp3) is 0.429. The number of halogens is 3. The highest BCUT2D eigenvalue weighted by Crippen LogP contribution is 2.27. The molecule has 0 spiro atoms. The summed E-state index contributed by atoms with van der Waals surface area (Å²) >= 11 is 0. The van der Waals surface area contributed by atoms with Crippen molar-refractivity contribution in [2.45, 2.75) is 26.1 Å². The molecule has 1 aromatic carbocycles. The van der Waals surface area contributed by atoms with Crippen LogP contribution in [0.25, 0.3) is 0 Å². The molecule has 0 saturated heterocycles. The average molecular weight is 440 g/mol. The van der Waals surface area contributed by atoms with Crippen molar-refractivity contribution in [1.82, 2.24) is 15.6 Å². The molecule has 31 heavy (non-hydrogen) atoms. The Morgan fingerprint density at radius 2 is 1.77 bits per heavy atom. The van der Waals surface area contributed by atoms with Gasteiger partial charge in [0.2, 0.25) is 5.88 Å². The number of ether oxygens (including phenoxy) is 3. The fourth-order valence-electron chi connectivity index (χ4n) is 2.62. The Balaban J connectivity index is 1.88. The van der Waals surface area contributed by atoms with E-state index in [0.29, 0.717) is 37.1 Å². The quantitative estimate of drug-likeness (QED) is 0.436. The first-order valence-electron chi connectivity index (χ1n) is 9.72. The Kier molecular flexibility index (Phi) is 9.23. The van der Waals surface area contributed by atoms with Crippen LogP contribution in [-0.4, -0.2) is 51.0 Å². The minimum Gasteiger partial charge on any atom is -0.493 e. The van der Waals surface area contributed by atoms with E-state index >= 15 is 0 Å². The fourth-order valence-corrected chi connectivity index (χ4v) is 2.62. The molecule has 0 aliphatic carbocycles. The minimum atomic E-state index is -4.39. The van der Waals surface area contributed by atoms with E-state index in [1.54, 1.807) is 20.3 Å². The van der Waals surface area contributed by atoms with Gasteiger partial charge in [-0.15, -0.1) is 0 Å². The van der Waals surface area contributed by atoms with Crippen LogP contribution in [0.4, 0.5) is 13.2 Å². The zero-order valence-corrected chi connectivity index (χ0v) is 17.8. The molecule has 0 aliphatic rings. The molecule has 0 bridgehead atoms. The number of nitrogens with zero attached hydrogens (tertiary/aromatic N) is 2. The molecule has 0 aliphatic heterocycles. The third kappa shape index (κ3) is 8.61. The van der Waals surface area contributed by atoms with Gasteiger partial charge in [0.05, 0.1) is 20.8 Å². The van der Waals surface area contributed by atoms with Crippen LogP contribution in [0.5, 0.6) is 17.4 Å². The summed E-state index contributed by atoms with van der Waals surface area (Å²) in [6.45, 7) is 2.23. The van der Waals surface area contributed by atoms with Crippen molar-refractivity contribution in [2.75, 3.05) is 33.9 Å². The van der Waals surface area contributed by atoms with Crippen molar-refractivity contribution in [2.24, 2.45) is 4.99 Å². The number of alkyl halides is 3. The molecule has 0 unspecified atom stereocenters. The lowest BCUT2D eigenvalue weighted by atomic mass is 10.1. The SMILES string of the molecule is CCNC(=NCc1ccc(OCC(F)(F)F)nc1)NCCc1ccc(OC)c(OC)c1. The number of hydrogen-bond donors (Lipinski definition) is 2. The van der Waals surface area contributed by atoms with Gasteiger partial charge in [-0.2, -0.15) is 13.2 Å². The first kappa shape index (κ1) is 24.1. The first-order valence-corrected chi connectivity index (χ1v) is 9.72. The molecular weight excluding hydrogens is 413 g/mol. The summed E-state index contributed by atoms with van der Waals surface area (Å²) in [5.74, 6) is 1.90. The molecule has 170 valence electrons. The summed E-state index contributed by atoms with van der Waals surface area (Å²) in [4.78, 5) is 8.36. The lowest BCUT2D eigenvalue weighted by Gasteiger charge is -2.13. The second kappa shape index (κ2) is 11.9. The van der Waals surface area contributed by atoms with Gasteiger partial charge in [0.1, 0.15) is 0 Å². The summed E-state index contributed by atoms with van der Waals surface area (Å²) in [6.07, 6.45) is -2.20. The summed E-state index contributed by atoms with van der Waals surface area (Å²) in [5.41, 5.74) is 1.83. The van der Waals surface area contributed by atoms with E-state index in [1.165, 1.54) is 12.3 Å². The van der Waals surface area contributed by atoms with E-state index in [2.05, 4.69) is 25.3 Å². The maximum absolute atomic E-state index is 12.2. The van der Waals surface area contributed by atoms with Gasteiger partial charge >= 0.3 is 6.18 Å². The molecule has 0 amide bonds. The maximum atomic E-state index is 12.2. The Hall–Kier alpha value is -3.17. The number of nitrogens with one attached hydrogen (secondary N) is 2. The first-order chi connectivity index (χ1) is 14.8. The molecule has 1 heterocycles. The van der Waals surface area contributed by atoms with Crippen LogP contribution in [0.15, 0.2) is 41.5 Å². The lowest BCUT2D eigenvalue weighted by molar-refractivity contribution is -0.154. The van der Waals surface area contributed by atoms with Crippen molar-refractivity contribution in [3.8, 4) is 17.4 Å². The molecule has 0 saturated carbocycles. The van der Waals surface area contributed by atoms with E-state index in [9.17, 15) is 13.2 Å². The van der Waals surface area contributed by atoms with Crippen LogP contribution in [0, 0.1) is 0 Å². The Labute approximate surface area is 179 Å². The number of hydrogen-bond acceptors (Lipinski definition) is 5. The number of aliphatic imine (C=N–C) groups is 1. The second-order valence-electron chi connectivity index (χ2n) is 6.47. The highest BCUT2D eigenvalue weighted by molar-refractivity contribution is 5.79. The number of guanidine groups is 1. The molecule has 0 atom stereocenters. The van der Waals surface area contributed by atoms with Gasteiger partial charge in [0, 0.05) is 25.4 Å². The summed E-state index contributed by atoms with van der Waals surface area (Å²) in [6, 6.07) is 8.80. The lowest BCUT2D eigenvalue weighted by Crippen LogP contribution is -2.38. The molecular formula is C21H27F3N4O3. The van der Waals surface area contributed by atoms with Gasteiger partial charge in [0.15, 0.2) is 24.1 Å². The van der Waals surface area contributed by atoms with Gasteiger partial charge in [0.25, 0.3) is 0 Å². The van der Waals surface area contributed by atoms with Crippen LogP contribution >= 0.6 is 0 Å². The van der Waals surface area contributed by atoms with Crippen molar-refractivity contribution in [3.05, 3.63) is 47.7 Å². The number of aromatic nitrogens is 1. The van der Waals surface area contributed by atoms with Crippen molar-refractivity contribution >= 4 is 5.96 Å². The Morgan fingerprint density at radius 3 is 2.39 bits per heavy atom. The van der Waals surface area contributed by atoms with Crippen LogP contribution in [-0.2, 0) is 13.0 Å². The van der Waals surface area contributed by atoms with Crippen LogP contribution in [0.1, 0.15) is 18.1 Å². The molecule has 7 nitrogen and oxygen atoms in total. The van der Waals surface area contributed by atoms with E-state index in [1.807, 2.05) is 25.1 Å². The predicted molar refractivity (Wildman–Crippen MR) is 112 cm³/mol. The number of benzene rings is 1. The third-order valence-electron chi connectivity index (χ3n) is 4.10. The predicted octanol–water partition coefficient (Wildman–Crippen LogP) is 3.34. The number of methoxy groups -OCH3 is 2. The van der Waals surface area contributed by atoms with Crippen LogP contribution < -0.4 is 24.8 Å². The van der Waals surface area contributed by atoms with Gasteiger partial charge in [-0.05, 0) is 36.6 Å². The van der Waals surface area contributed by atoms with Crippen molar-refractivity contribution in [3.63, 3.8) is 0 Å². The summed E-state index contributed by atoms with van der Waals surface area (Å²) in [7, 11) is 3.19. The molecule has 0 fully saturated rings. The molecule has 0 radical (unpaired) electrons. The zero-order valence-electron chi connectivity index (χ0n) is 17.8. The maximum Gasteiger partial charge on any atom is 0.422 e. The standard InChI is InChI=1S/C21H27F3N4O3/c1-4-25-20(26-10-9-15-5-7-17(29-2)18(11-15)30-3)28-13-16-6-8-19(27-12-16)31-14-21(22,23)24/h5-8,11-12H,4,9-10,13-14H2,1-3H3,(H2,25,26,28). The third-order valence-corrected chi connectivity index (χ3v) is 4.10. The van der Waals surface area contributed by atoms with Gasteiger partial charge in [-0.25, -0.2) is 9.98 Å². The molecule has 10 heteroatoms. The van der Waals surface area contributed by atoms with Crippen molar-refractivity contribution in [1.29, 1.82) is 0 Å². The van der Waals surface area contributed by atoms with E-state index < -0.39 is 12.8 Å². The van der Waals surface area contributed by atoms with Gasteiger partial charge in [-0.1, -0.05) is 12.1 Å². The number of rotatable bonds is 10. The van der Waals surface area contributed by atoms with E-state index in [4.69, 9.17) is 9.47 Å². The van der Waals surface area contributed by atoms with Crippen LogP contribution in [0.2, 0.25) is 0 Å². The molecule has 2 aromatic rings.